The number of nitro benzene ring substituents is 1. The molecule has 5 nitrogen and oxygen atoms in total. The number of benzene rings is 2. The lowest BCUT2D eigenvalue weighted by molar-refractivity contribution is -0.384. The molecule has 0 aromatic heterocycles. The molecule has 102 valence electrons. The van der Waals surface area contributed by atoms with Gasteiger partial charge in [-0.3, -0.25) is 10.1 Å². The van der Waals surface area contributed by atoms with Gasteiger partial charge in [-0.15, -0.1) is 0 Å². The molecule has 0 radical (unpaired) electrons. The van der Waals surface area contributed by atoms with Crippen molar-refractivity contribution in [3.63, 3.8) is 0 Å². The molecule has 2 rings (SSSR count). The summed E-state index contributed by atoms with van der Waals surface area (Å²) in [6, 6.07) is 13.4. The lowest BCUT2D eigenvalue weighted by Crippen LogP contribution is -1.91. The number of nitro groups is 1. The molecule has 2 aromatic rings. The molecule has 0 aliphatic carbocycles. The predicted molar refractivity (Wildman–Crippen MR) is 76.9 cm³/mol. The maximum absolute atomic E-state index is 10.6. The monoisotopic (exact) mass is 290 g/mol. The van der Waals surface area contributed by atoms with Gasteiger partial charge in [0.15, 0.2) is 0 Å². The van der Waals surface area contributed by atoms with Crippen molar-refractivity contribution in [1.82, 2.24) is 0 Å². The number of non-ortho nitro benzene ring substituents is 1. The highest BCUT2D eigenvalue weighted by atomic mass is 35.5. The Balaban J connectivity index is 1.93. The highest BCUT2D eigenvalue weighted by molar-refractivity contribution is 6.30. The molecule has 0 bridgehead atoms. The van der Waals surface area contributed by atoms with Crippen LogP contribution in [0.1, 0.15) is 11.1 Å². The first kappa shape index (κ1) is 14.0. The van der Waals surface area contributed by atoms with Gasteiger partial charge in [-0.05, 0) is 17.7 Å². The third kappa shape index (κ3) is 4.07. The molecule has 2 aromatic carbocycles. The summed E-state index contributed by atoms with van der Waals surface area (Å²) in [4.78, 5) is 15.3. The van der Waals surface area contributed by atoms with Gasteiger partial charge in [-0.1, -0.05) is 41.0 Å². The Kier molecular flexibility index (Phi) is 4.68. The Bertz CT molecular complexity index is 644. The minimum atomic E-state index is -0.454. The summed E-state index contributed by atoms with van der Waals surface area (Å²) in [5, 5.41) is 15.0. The number of hydrogen-bond donors (Lipinski definition) is 0. The van der Waals surface area contributed by atoms with Crippen LogP contribution < -0.4 is 0 Å². The summed E-state index contributed by atoms with van der Waals surface area (Å²) in [5.41, 5.74) is 1.52. The van der Waals surface area contributed by atoms with Crippen molar-refractivity contribution < 1.29 is 9.76 Å². The maximum atomic E-state index is 10.6. The Labute approximate surface area is 120 Å². The Morgan fingerprint density at radius 1 is 1.25 bits per heavy atom. The average Bonchev–Trinajstić information content (AvgIpc) is 2.44. The second kappa shape index (κ2) is 6.68. The second-order valence-electron chi connectivity index (χ2n) is 3.99. The fraction of sp³-hybridized carbons (Fsp3) is 0.0714. The zero-order valence-electron chi connectivity index (χ0n) is 10.4. The molecule has 20 heavy (non-hydrogen) atoms. The van der Waals surface area contributed by atoms with E-state index in [1.54, 1.807) is 24.3 Å². The SMILES string of the molecule is O=[N+]([O-])c1cccc(C=NOCc2cccc(Cl)c2)c1. The third-order valence-electron chi connectivity index (χ3n) is 2.48. The fourth-order valence-electron chi connectivity index (χ4n) is 1.56. The van der Waals surface area contributed by atoms with E-state index < -0.39 is 4.92 Å². The number of rotatable bonds is 5. The molecule has 0 aliphatic rings. The van der Waals surface area contributed by atoms with Crippen molar-refractivity contribution in [1.29, 1.82) is 0 Å². The van der Waals surface area contributed by atoms with Crippen LogP contribution in [0.15, 0.2) is 53.7 Å². The van der Waals surface area contributed by atoms with Crippen LogP contribution >= 0.6 is 11.6 Å². The summed E-state index contributed by atoms with van der Waals surface area (Å²) in [6.07, 6.45) is 1.43. The quantitative estimate of drug-likeness (QED) is 0.478. The Morgan fingerprint density at radius 2 is 2.05 bits per heavy atom. The molecule has 0 amide bonds. The average molecular weight is 291 g/mol. The molecule has 0 fully saturated rings. The molecule has 0 N–H and O–H groups in total. The number of nitrogens with zero attached hydrogens (tertiary/aromatic N) is 2. The molecule has 0 saturated heterocycles. The normalized spacial score (nSPS) is 10.7. The Morgan fingerprint density at radius 3 is 2.80 bits per heavy atom. The minimum Gasteiger partial charge on any atom is -0.391 e. The van der Waals surface area contributed by atoms with E-state index in [9.17, 15) is 10.1 Å². The van der Waals surface area contributed by atoms with Gasteiger partial charge in [0.2, 0.25) is 0 Å². The van der Waals surface area contributed by atoms with Gasteiger partial charge in [0, 0.05) is 22.7 Å². The van der Waals surface area contributed by atoms with E-state index >= 15 is 0 Å². The van der Waals surface area contributed by atoms with Gasteiger partial charge >= 0.3 is 0 Å². The van der Waals surface area contributed by atoms with Gasteiger partial charge in [-0.2, -0.15) is 0 Å². The highest BCUT2D eigenvalue weighted by Crippen LogP contribution is 2.13. The highest BCUT2D eigenvalue weighted by Gasteiger charge is 2.03. The first-order valence-electron chi connectivity index (χ1n) is 5.79. The predicted octanol–water partition coefficient (Wildman–Crippen LogP) is 3.80. The van der Waals surface area contributed by atoms with Gasteiger partial charge in [-0.25, -0.2) is 0 Å². The maximum Gasteiger partial charge on any atom is 0.270 e. The van der Waals surface area contributed by atoms with Crippen molar-refractivity contribution in [2.24, 2.45) is 5.16 Å². The minimum absolute atomic E-state index is 0.0174. The standard InChI is InChI=1S/C14H11ClN2O3/c15-13-5-1-4-12(7-13)10-20-16-9-11-3-2-6-14(8-11)17(18)19/h1-9H,10H2. The zero-order chi connectivity index (χ0) is 14.4. The van der Waals surface area contributed by atoms with E-state index in [-0.39, 0.29) is 12.3 Å². The van der Waals surface area contributed by atoms with Gasteiger partial charge in [0.05, 0.1) is 11.1 Å². The number of oxime groups is 1. The number of hydrogen-bond acceptors (Lipinski definition) is 4. The molecular formula is C14H11ClN2O3. The topological polar surface area (TPSA) is 64.7 Å². The van der Waals surface area contributed by atoms with E-state index in [1.165, 1.54) is 18.3 Å². The van der Waals surface area contributed by atoms with Crippen LogP contribution in [0, 0.1) is 10.1 Å². The third-order valence-corrected chi connectivity index (χ3v) is 2.71. The van der Waals surface area contributed by atoms with Gasteiger partial charge < -0.3 is 4.84 Å². The van der Waals surface area contributed by atoms with Crippen LogP contribution in [-0.4, -0.2) is 11.1 Å². The van der Waals surface area contributed by atoms with Crippen LogP contribution in [-0.2, 0) is 11.4 Å². The van der Waals surface area contributed by atoms with Crippen LogP contribution in [0.2, 0.25) is 5.02 Å². The smallest absolute Gasteiger partial charge is 0.270 e. The summed E-state index contributed by atoms with van der Waals surface area (Å²) < 4.78 is 0. The molecule has 0 unspecified atom stereocenters. The molecule has 0 spiro atoms. The van der Waals surface area contributed by atoms with E-state index in [2.05, 4.69) is 5.16 Å². The largest absolute Gasteiger partial charge is 0.391 e. The van der Waals surface area contributed by atoms with Crippen molar-refractivity contribution >= 4 is 23.5 Å². The van der Waals surface area contributed by atoms with E-state index in [0.717, 1.165) is 5.56 Å². The Hall–Kier alpha value is -2.40. The molecule has 6 heteroatoms. The molecule has 0 heterocycles. The van der Waals surface area contributed by atoms with E-state index in [4.69, 9.17) is 16.4 Å². The molecular weight excluding hydrogens is 280 g/mol. The van der Waals surface area contributed by atoms with Crippen molar-refractivity contribution in [3.05, 3.63) is 74.8 Å². The van der Waals surface area contributed by atoms with Gasteiger partial charge in [0.1, 0.15) is 6.61 Å². The summed E-state index contributed by atoms with van der Waals surface area (Å²) in [6.45, 7) is 0.284. The van der Waals surface area contributed by atoms with Crippen LogP contribution in [0.3, 0.4) is 0 Å². The first-order chi connectivity index (χ1) is 9.65. The molecule has 0 saturated carbocycles. The lowest BCUT2D eigenvalue weighted by Gasteiger charge is -2.00. The summed E-state index contributed by atoms with van der Waals surface area (Å²) in [5.74, 6) is 0. The molecule has 0 aliphatic heterocycles. The van der Waals surface area contributed by atoms with Crippen molar-refractivity contribution in [2.45, 2.75) is 6.61 Å². The summed E-state index contributed by atoms with van der Waals surface area (Å²) in [7, 11) is 0. The van der Waals surface area contributed by atoms with Crippen LogP contribution in [0.5, 0.6) is 0 Å². The van der Waals surface area contributed by atoms with Crippen molar-refractivity contribution in [2.75, 3.05) is 0 Å². The number of halogens is 1. The van der Waals surface area contributed by atoms with Crippen molar-refractivity contribution in [3.8, 4) is 0 Å². The fourth-order valence-corrected chi connectivity index (χ4v) is 1.77. The lowest BCUT2D eigenvalue weighted by atomic mass is 10.2. The van der Waals surface area contributed by atoms with Gasteiger partial charge in [0.25, 0.3) is 5.69 Å². The first-order valence-corrected chi connectivity index (χ1v) is 6.17. The van der Waals surface area contributed by atoms with E-state index in [1.807, 2.05) is 12.1 Å². The summed E-state index contributed by atoms with van der Waals surface area (Å²) >= 11 is 5.84. The zero-order valence-corrected chi connectivity index (χ0v) is 11.2. The molecule has 0 atom stereocenters. The van der Waals surface area contributed by atoms with E-state index in [0.29, 0.717) is 10.6 Å². The second-order valence-corrected chi connectivity index (χ2v) is 4.43. The van der Waals surface area contributed by atoms with Crippen LogP contribution in [0.4, 0.5) is 5.69 Å². The van der Waals surface area contributed by atoms with Crippen LogP contribution in [0.25, 0.3) is 0 Å².